The number of hydrogen-bond donors (Lipinski definition) is 0. The second-order valence-electron chi connectivity index (χ2n) is 3.39. The van der Waals surface area contributed by atoms with Crippen molar-refractivity contribution < 1.29 is 14.3 Å². The van der Waals surface area contributed by atoms with Crippen LogP contribution in [0, 0.1) is 3.57 Å². The summed E-state index contributed by atoms with van der Waals surface area (Å²) in [6.45, 7) is 0.374. The first-order valence-electron chi connectivity index (χ1n) is 4.93. The van der Waals surface area contributed by atoms with E-state index >= 15 is 0 Å². The zero-order valence-electron chi connectivity index (χ0n) is 9.03. The molecule has 16 heavy (non-hydrogen) atoms. The van der Waals surface area contributed by atoms with E-state index in [0.717, 1.165) is 3.57 Å². The van der Waals surface area contributed by atoms with Crippen molar-refractivity contribution in [1.82, 2.24) is 0 Å². The molecule has 86 valence electrons. The number of ketones is 2. The Labute approximate surface area is 108 Å². The molecule has 0 spiro atoms. The minimum absolute atomic E-state index is 0.0377. The quantitative estimate of drug-likeness (QED) is 0.457. The standard InChI is InChI=1S/C12H13IO3/c1-16-7-6-11(14)8-12(15)9-2-4-10(13)5-3-9/h2-5H,6-8H2,1H3. The van der Waals surface area contributed by atoms with Crippen LogP contribution in [0.4, 0.5) is 0 Å². The molecule has 0 bridgehead atoms. The van der Waals surface area contributed by atoms with Crippen LogP contribution in [0.25, 0.3) is 0 Å². The summed E-state index contributed by atoms with van der Waals surface area (Å²) in [7, 11) is 1.54. The summed E-state index contributed by atoms with van der Waals surface area (Å²) in [4.78, 5) is 23.0. The van der Waals surface area contributed by atoms with E-state index in [0.29, 0.717) is 18.6 Å². The molecule has 0 aliphatic rings. The van der Waals surface area contributed by atoms with E-state index in [1.165, 1.54) is 7.11 Å². The summed E-state index contributed by atoms with van der Waals surface area (Å²) in [5, 5.41) is 0. The highest BCUT2D eigenvalue weighted by molar-refractivity contribution is 14.1. The monoisotopic (exact) mass is 332 g/mol. The summed E-state index contributed by atoms with van der Waals surface area (Å²) in [5.41, 5.74) is 0.589. The zero-order valence-corrected chi connectivity index (χ0v) is 11.2. The van der Waals surface area contributed by atoms with Crippen LogP contribution in [-0.4, -0.2) is 25.3 Å². The van der Waals surface area contributed by atoms with E-state index in [1.807, 2.05) is 12.1 Å². The van der Waals surface area contributed by atoms with Crippen molar-refractivity contribution >= 4 is 34.2 Å². The maximum atomic E-state index is 11.7. The lowest BCUT2D eigenvalue weighted by Gasteiger charge is -2.01. The summed E-state index contributed by atoms with van der Waals surface area (Å²) in [6.07, 6.45) is 0.260. The van der Waals surface area contributed by atoms with Crippen LogP contribution >= 0.6 is 22.6 Å². The molecule has 0 N–H and O–H groups in total. The molecule has 1 aromatic rings. The molecule has 0 unspecified atom stereocenters. The number of ether oxygens (including phenoxy) is 1. The average molecular weight is 332 g/mol. The Bertz CT molecular complexity index is 370. The first kappa shape index (κ1) is 13.3. The van der Waals surface area contributed by atoms with Gasteiger partial charge in [0.25, 0.3) is 0 Å². The van der Waals surface area contributed by atoms with Gasteiger partial charge in [-0.25, -0.2) is 0 Å². The van der Waals surface area contributed by atoms with E-state index in [4.69, 9.17) is 4.74 Å². The van der Waals surface area contributed by atoms with Gasteiger partial charge in [-0.1, -0.05) is 12.1 Å². The van der Waals surface area contributed by atoms with Gasteiger partial charge >= 0.3 is 0 Å². The predicted octanol–water partition coefficient (Wildman–Crippen LogP) is 2.47. The summed E-state index contributed by atoms with van der Waals surface area (Å²) >= 11 is 2.17. The highest BCUT2D eigenvalue weighted by atomic mass is 127. The molecular weight excluding hydrogens is 319 g/mol. The van der Waals surface area contributed by atoms with Crippen molar-refractivity contribution in [3.63, 3.8) is 0 Å². The van der Waals surface area contributed by atoms with Gasteiger partial charge in [0.1, 0.15) is 5.78 Å². The highest BCUT2D eigenvalue weighted by Gasteiger charge is 2.11. The molecule has 1 aromatic carbocycles. The van der Waals surface area contributed by atoms with Gasteiger partial charge in [-0.05, 0) is 34.7 Å². The third-order valence-electron chi connectivity index (χ3n) is 2.11. The van der Waals surface area contributed by atoms with Crippen LogP contribution in [0.2, 0.25) is 0 Å². The number of benzene rings is 1. The first-order chi connectivity index (χ1) is 7.63. The van der Waals surface area contributed by atoms with E-state index in [1.54, 1.807) is 12.1 Å². The van der Waals surface area contributed by atoms with E-state index in [-0.39, 0.29) is 18.0 Å². The minimum atomic E-state index is -0.127. The van der Waals surface area contributed by atoms with Crippen LogP contribution in [0.5, 0.6) is 0 Å². The van der Waals surface area contributed by atoms with Crippen LogP contribution in [-0.2, 0) is 9.53 Å². The molecule has 0 atom stereocenters. The molecule has 0 heterocycles. The molecule has 0 aliphatic carbocycles. The van der Waals surface area contributed by atoms with Crippen molar-refractivity contribution in [1.29, 1.82) is 0 Å². The summed E-state index contributed by atoms with van der Waals surface area (Å²) in [5.74, 6) is -0.206. The Morgan fingerprint density at radius 1 is 1.25 bits per heavy atom. The number of methoxy groups -OCH3 is 1. The van der Waals surface area contributed by atoms with Gasteiger partial charge in [0, 0.05) is 22.7 Å². The molecule has 0 fully saturated rings. The van der Waals surface area contributed by atoms with E-state index < -0.39 is 0 Å². The molecule has 0 amide bonds. The van der Waals surface area contributed by atoms with Crippen LogP contribution in [0.3, 0.4) is 0 Å². The average Bonchev–Trinajstić information content (AvgIpc) is 2.27. The van der Waals surface area contributed by atoms with Crippen LogP contribution in [0.15, 0.2) is 24.3 Å². The number of hydrogen-bond acceptors (Lipinski definition) is 3. The van der Waals surface area contributed by atoms with Crippen molar-refractivity contribution in [3.05, 3.63) is 33.4 Å². The lowest BCUT2D eigenvalue weighted by molar-refractivity contribution is -0.119. The molecular formula is C12H13IO3. The van der Waals surface area contributed by atoms with Crippen LogP contribution < -0.4 is 0 Å². The van der Waals surface area contributed by atoms with E-state index in [9.17, 15) is 9.59 Å². The number of Topliss-reactive ketones (excluding diaryl/α,β-unsaturated/α-hetero) is 2. The van der Waals surface area contributed by atoms with Gasteiger partial charge < -0.3 is 4.74 Å². The highest BCUT2D eigenvalue weighted by Crippen LogP contribution is 2.09. The first-order valence-corrected chi connectivity index (χ1v) is 6.00. The zero-order chi connectivity index (χ0) is 12.0. The smallest absolute Gasteiger partial charge is 0.170 e. The Kier molecular flexibility index (Phi) is 5.62. The SMILES string of the molecule is COCCC(=O)CC(=O)c1ccc(I)cc1. The Hall–Kier alpha value is -0.750. The molecule has 3 nitrogen and oxygen atoms in total. The maximum Gasteiger partial charge on any atom is 0.170 e. The van der Waals surface area contributed by atoms with Gasteiger partial charge in [-0.15, -0.1) is 0 Å². The molecule has 4 heteroatoms. The van der Waals surface area contributed by atoms with E-state index in [2.05, 4.69) is 22.6 Å². The summed E-state index contributed by atoms with van der Waals surface area (Å²) < 4.78 is 5.85. The molecule has 0 saturated carbocycles. The normalized spacial score (nSPS) is 10.1. The van der Waals surface area contributed by atoms with Crippen molar-refractivity contribution in [2.24, 2.45) is 0 Å². The molecule has 0 aliphatic heterocycles. The molecule has 0 aromatic heterocycles. The summed E-state index contributed by atoms with van der Waals surface area (Å²) in [6, 6.07) is 7.20. The molecule has 0 saturated heterocycles. The largest absolute Gasteiger partial charge is 0.384 e. The van der Waals surface area contributed by atoms with Crippen molar-refractivity contribution in [3.8, 4) is 0 Å². The Morgan fingerprint density at radius 3 is 2.44 bits per heavy atom. The fraction of sp³-hybridized carbons (Fsp3) is 0.333. The van der Waals surface area contributed by atoms with Gasteiger partial charge in [0.2, 0.25) is 0 Å². The minimum Gasteiger partial charge on any atom is -0.384 e. The number of carbonyl (C=O) groups is 2. The second kappa shape index (κ2) is 6.75. The second-order valence-corrected chi connectivity index (χ2v) is 4.63. The number of carbonyl (C=O) groups excluding carboxylic acids is 2. The number of halogens is 1. The maximum absolute atomic E-state index is 11.7. The lowest BCUT2D eigenvalue weighted by Crippen LogP contribution is -2.10. The van der Waals surface area contributed by atoms with Gasteiger partial charge in [-0.3, -0.25) is 9.59 Å². The topological polar surface area (TPSA) is 43.4 Å². The van der Waals surface area contributed by atoms with Crippen molar-refractivity contribution in [2.75, 3.05) is 13.7 Å². The third-order valence-corrected chi connectivity index (χ3v) is 2.83. The molecule has 0 radical (unpaired) electrons. The number of rotatable bonds is 6. The van der Waals surface area contributed by atoms with Gasteiger partial charge in [0.05, 0.1) is 13.0 Å². The molecule has 1 rings (SSSR count). The van der Waals surface area contributed by atoms with Crippen molar-refractivity contribution in [2.45, 2.75) is 12.8 Å². The lowest BCUT2D eigenvalue weighted by atomic mass is 10.1. The Balaban J connectivity index is 2.52. The predicted molar refractivity (Wildman–Crippen MR) is 69.6 cm³/mol. The van der Waals surface area contributed by atoms with Crippen LogP contribution in [0.1, 0.15) is 23.2 Å². The fourth-order valence-corrected chi connectivity index (χ4v) is 1.58. The fourth-order valence-electron chi connectivity index (χ4n) is 1.22. The third kappa shape index (κ3) is 4.40. The van der Waals surface area contributed by atoms with Gasteiger partial charge in [-0.2, -0.15) is 0 Å². The Morgan fingerprint density at radius 2 is 1.88 bits per heavy atom. The van der Waals surface area contributed by atoms with Gasteiger partial charge in [0.15, 0.2) is 5.78 Å².